The first-order chi connectivity index (χ1) is 12.9. The molecule has 0 aliphatic heterocycles. The van der Waals surface area contributed by atoms with Crippen molar-refractivity contribution >= 4 is 33.2 Å². The highest BCUT2D eigenvalue weighted by molar-refractivity contribution is 7.89. The predicted octanol–water partition coefficient (Wildman–Crippen LogP) is 1.76. The van der Waals surface area contributed by atoms with E-state index in [0.29, 0.717) is 11.2 Å². The second-order valence-electron chi connectivity index (χ2n) is 5.69. The van der Waals surface area contributed by atoms with Crippen LogP contribution in [0.5, 0.6) is 0 Å². The molecular formula is C17H16ClFN4O3S. The third-order valence-corrected chi connectivity index (χ3v) is 5.55. The zero-order valence-corrected chi connectivity index (χ0v) is 15.6. The standard InChI is InChI=1S/C17H16ClFN4O3S/c18-16-17(23-9-2-1-6-14(23)22-16)27(25,26)21-8-7-20-15(24)11-12-4-3-5-13(19)10-12/h1-6,9-10,21H,7-8,11H2,(H,20,24). The van der Waals surface area contributed by atoms with Crippen molar-refractivity contribution in [1.29, 1.82) is 0 Å². The minimum atomic E-state index is -3.92. The Morgan fingerprint density at radius 2 is 2.00 bits per heavy atom. The fourth-order valence-corrected chi connectivity index (χ4v) is 4.21. The third-order valence-electron chi connectivity index (χ3n) is 3.69. The largest absolute Gasteiger partial charge is 0.355 e. The number of imidazole rings is 1. The summed E-state index contributed by atoms with van der Waals surface area (Å²) in [5.74, 6) is -0.759. The van der Waals surface area contributed by atoms with Gasteiger partial charge in [0, 0.05) is 19.3 Å². The van der Waals surface area contributed by atoms with E-state index in [9.17, 15) is 17.6 Å². The number of halogens is 2. The molecule has 10 heteroatoms. The summed E-state index contributed by atoms with van der Waals surface area (Å²) in [6.07, 6.45) is 1.55. The van der Waals surface area contributed by atoms with Crippen LogP contribution in [0.1, 0.15) is 5.56 Å². The molecule has 0 bridgehead atoms. The van der Waals surface area contributed by atoms with Gasteiger partial charge in [-0.2, -0.15) is 0 Å². The first kappa shape index (κ1) is 19.3. The van der Waals surface area contributed by atoms with E-state index in [1.807, 2.05) is 0 Å². The van der Waals surface area contributed by atoms with Crippen LogP contribution in [-0.4, -0.2) is 36.8 Å². The molecule has 3 rings (SSSR count). The molecule has 2 aromatic heterocycles. The quantitative estimate of drug-likeness (QED) is 0.580. The summed E-state index contributed by atoms with van der Waals surface area (Å²) in [5.41, 5.74) is 0.942. The summed E-state index contributed by atoms with van der Waals surface area (Å²) in [6, 6.07) is 10.7. The van der Waals surface area contributed by atoms with Crippen molar-refractivity contribution in [2.75, 3.05) is 13.1 Å². The fraction of sp³-hybridized carbons (Fsp3) is 0.176. The molecule has 0 aliphatic rings. The molecule has 0 spiro atoms. The molecule has 0 saturated heterocycles. The first-order valence-corrected chi connectivity index (χ1v) is 9.86. The number of fused-ring (bicyclic) bond motifs is 1. The summed E-state index contributed by atoms with van der Waals surface area (Å²) in [5, 5.41) is 2.28. The number of nitrogens with one attached hydrogen (secondary N) is 2. The Kier molecular flexibility index (Phi) is 5.73. The SMILES string of the molecule is O=C(Cc1cccc(F)c1)NCCNS(=O)(=O)c1c(Cl)nc2ccccn12. The molecule has 0 saturated carbocycles. The minimum Gasteiger partial charge on any atom is -0.355 e. The molecule has 1 amide bonds. The van der Waals surface area contributed by atoms with Crippen LogP contribution in [-0.2, 0) is 21.2 Å². The molecule has 0 atom stereocenters. The van der Waals surface area contributed by atoms with Gasteiger partial charge in [0.1, 0.15) is 11.5 Å². The molecule has 7 nitrogen and oxygen atoms in total. The van der Waals surface area contributed by atoms with Crippen LogP contribution in [0, 0.1) is 5.82 Å². The second-order valence-corrected chi connectivity index (χ2v) is 7.73. The van der Waals surface area contributed by atoms with E-state index < -0.39 is 15.8 Å². The average Bonchev–Trinajstić information content (AvgIpc) is 2.95. The highest BCUT2D eigenvalue weighted by Crippen LogP contribution is 2.22. The molecule has 0 radical (unpaired) electrons. The Bertz CT molecular complexity index is 1080. The van der Waals surface area contributed by atoms with Crippen LogP contribution < -0.4 is 10.0 Å². The number of nitrogens with zero attached hydrogens (tertiary/aromatic N) is 2. The molecule has 0 unspecified atom stereocenters. The maximum Gasteiger partial charge on any atom is 0.259 e. The number of carbonyl (C=O) groups excluding carboxylic acids is 1. The Labute approximate surface area is 160 Å². The van der Waals surface area contributed by atoms with E-state index in [0.717, 1.165) is 0 Å². The third kappa shape index (κ3) is 4.62. The van der Waals surface area contributed by atoms with Gasteiger partial charge in [-0.15, -0.1) is 0 Å². The summed E-state index contributed by atoms with van der Waals surface area (Å²) in [7, 11) is -3.92. The van der Waals surface area contributed by atoms with E-state index in [2.05, 4.69) is 15.0 Å². The van der Waals surface area contributed by atoms with Crippen molar-refractivity contribution in [2.45, 2.75) is 11.4 Å². The molecule has 2 heterocycles. The summed E-state index contributed by atoms with van der Waals surface area (Å²) in [4.78, 5) is 15.9. The highest BCUT2D eigenvalue weighted by atomic mass is 35.5. The molecule has 2 N–H and O–H groups in total. The maximum absolute atomic E-state index is 13.1. The summed E-state index contributed by atoms with van der Waals surface area (Å²) < 4.78 is 41.8. The van der Waals surface area contributed by atoms with Crippen molar-refractivity contribution < 1.29 is 17.6 Å². The number of carbonyl (C=O) groups is 1. The maximum atomic E-state index is 13.1. The number of rotatable bonds is 7. The topological polar surface area (TPSA) is 92.6 Å². The monoisotopic (exact) mass is 410 g/mol. The Balaban J connectivity index is 1.56. The lowest BCUT2D eigenvalue weighted by atomic mass is 10.1. The van der Waals surface area contributed by atoms with Gasteiger partial charge in [-0.3, -0.25) is 9.20 Å². The molecule has 27 heavy (non-hydrogen) atoms. The lowest BCUT2D eigenvalue weighted by Gasteiger charge is -2.08. The van der Waals surface area contributed by atoms with Crippen LogP contribution in [0.25, 0.3) is 5.65 Å². The van der Waals surface area contributed by atoms with E-state index in [1.54, 1.807) is 30.5 Å². The highest BCUT2D eigenvalue weighted by Gasteiger charge is 2.23. The van der Waals surface area contributed by atoms with Crippen LogP contribution in [0.15, 0.2) is 53.7 Å². The molecule has 0 aliphatic carbocycles. The van der Waals surface area contributed by atoms with E-state index >= 15 is 0 Å². The second kappa shape index (κ2) is 8.03. The molecule has 3 aromatic rings. The number of amides is 1. The number of hydrogen-bond donors (Lipinski definition) is 2. The van der Waals surface area contributed by atoms with Gasteiger partial charge in [-0.1, -0.05) is 29.8 Å². The molecular weight excluding hydrogens is 395 g/mol. The summed E-state index contributed by atoms with van der Waals surface area (Å²) >= 11 is 5.97. The normalized spacial score (nSPS) is 11.6. The van der Waals surface area contributed by atoms with Gasteiger partial charge in [0.05, 0.1) is 6.42 Å². The Morgan fingerprint density at radius 1 is 1.19 bits per heavy atom. The van der Waals surface area contributed by atoms with Gasteiger partial charge in [0.25, 0.3) is 10.0 Å². The van der Waals surface area contributed by atoms with Gasteiger partial charge in [0.15, 0.2) is 10.2 Å². The van der Waals surface area contributed by atoms with Gasteiger partial charge in [-0.05, 0) is 29.8 Å². The number of sulfonamides is 1. The zero-order valence-electron chi connectivity index (χ0n) is 14.0. The summed E-state index contributed by atoms with van der Waals surface area (Å²) in [6.45, 7) is 0.0371. The van der Waals surface area contributed by atoms with Crippen molar-refractivity contribution in [3.05, 3.63) is 65.2 Å². The number of hydrogen-bond acceptors (Lipinski definition) is 4. The lowest BCUT2D eigenvalue weighted by molar-refractivity contribution is -0.120. The van der Waals surface area contributed by atoms with Crippen LogP contribution in [0.3, 0.4) is 0 Å². The van der Waals surface area contributed by atoms with Crippen LogP contribution in [0.2, 0.25) is 5.15 Å². The van der Waals surface area contributed by atoms with Gasteiger partial charge in [0.2, 0.25) is 5.91 Å². The van der Waals surface area contributed by atoms with Crippen LogP contribution in [0.4, 0.5) is 4.39 Å². The number of pyridine rings is 1. The van der Waals surface area contributed by atoms with Crippen molar-refractivity contribution in [3.8, 4) is 0 Å². The van der Waals surface area contributed by atoms with Crippen molar-refractivity contribution in [2.24, 2.45) is 0 Å². The van der Waals surface area contributed by atoms with Gasteiger partial charge < -0.3 is 5.32 Å². The van der Waals surface area contributed by atoms with Crippen molar-refractivity contribution in [1.82, 2.24) is 19.4 Å². The lowest BCUT2D eigenvalue weighted by Crippen LogP contribution is -2.35. The van der Waals surface area contributed by atoms with Crippen molar-refractivity contribution in [3.63, 3.8) is 0 Å². The van der Waals surface area contributed by atoms with E-state index in [4.69, 9.17) is 11.6 Å². The molecule has 1 aromatic carbocycles. The average molecular weight is 411 g/mol. The smallest absolute Gasteiger partial charge is 0.259 e. The van der Waals surface area contributed by atoms with E-state index in [-0.39, 0.29) is 35.6 Å². The van der Waals surface area contributed by atoms with Gasteiger partial charge >= 0.3 is 0 Å². The fourth-order valence-electron chi connectivity index (χ4n) is 2.54. The Morgan fingerprint density at radius 3 is 2.78 bits per heavy atom. The number of aromatic nitrogens is 2. The molecule has 0 fully saturated rings. The van der Waals surface area contributed by atoms with Crippen LogP contribution >= 0.6 is 11.6 Å². The van der Waals surface area contributed by atoms with E-state index in [1.165, 1.54) is 22.6 Å². The Hall–Kier alpha value is -2.49. The zero-order chi connectivity index (χ0) is 19.4. The number of benzene rings is 1. The first-order valence-electron chi connectivity index (χ1n) is 8.00. The van der Waals surface area contributed by atoms with Gasteiger partial charge in [-0.25, -0.2) is 22.5 Å². The molecule has 142 valence electrons. The predicted molar refractivity (Wildman–Crippen MR) is 98.5 cm³/mol. The minimum absolute atomic E-state index is 0.00357.